The van der Waals surface area contributed by atoms with Crippen molar-refractivity contribution in [3.05, 3.63) is 52.7 Å². The minimum Gasteiger partial charge on any atom is -1.00 e. The Morgan fingerprint density at radius 3 is 2.88 bits per heavy atom. The molecule has 2 fully saturated rings. The number of methoxy groups -OCH3 is 1. The number of quaternary nitrogens is 1. The SMILES string of the molecule is C/C=C1/C[N@+]2(C)CC[C@]34C(=C(C(=O)OC)[C@H]1C[C@@H]32)Nc1ccccc14.[I-]. The van der Waals surface area contributed by atoms with E-state index in [1.165, 1.54) is 23.9 Å². The molecule has 1 aliphatic carbocycles. The van der Waals surface area contributed by atoms with E-state index in [1.54, 1.807) is 0 Å². The highest BCUT2D eigenvalue weighted by Gasteiger charge is 2.68. The van der Waals surface area contributed by atoms with E-state index in [4.69, 9.17) is 4.74 Å². The van der Waals surface area contributed by atoms with Gasteiger partial charge in [0.05, 0.1) is 31.7 Å². The zero-order valence-electron chi connectivity index (χ0n) is 15.5. The molecule has 4 atom stereocenters. The van der Waals surface area contributed by atoms with Gasteiger partial charge in [0.25, 0.3) is 0 Å². The van der Waals surface area contributed by atoms with Crippen LogP contribution in [-0.2, 0) is 14.9 Å². The van der Waals surface area contributed by atoms with Crippen LogP contribution in [0, 0.1) is 5.92 Å². The molecule has 0 radical (unpaired) electrons. The number of rotatable bonds is 1. The predicted octanol–water partition coefficient (Wildman–Crippen LogP) is -0.0203. The van der Waals surface area contributed by atoms with Crippen LogP contribution < -0.4 is 29.3 Å². The van der Waals surface area contributed by atoms with Gasteiger partial charge in [-0.3, -0.25) is 0 Å². The lowest BCUT2D eigenvalue weighted by Crippen LogP contribution is -3.00. The average Bonchev–Trinajstić information content (AvgIpc) is 3.14. The summed E-state index contributed by atoms with van der Waals surface area (Å²) in [7, 11) is 3.91. The van der Waals surface area contributed by atoms with Crippen molar-refractivity contribution in [1.29, 1.82) is 0 Å². The zero-order chi connectivity index (χ0) is 17.4. The van der Waals surface area contributed by atoms with Crippen molar-refractivity contribution in [1.82, 2.24) is 0 Å². The molecule has 2 bridgehead atoms. The first-order valence-electron chi connectivity index (χ1n) is 9.24. The van der Waals surface area contributed by atoms with Crippen molar-refractivity contribution >= 4 is 11.7 Å². The van der Waals surface area contributed by atoms with Gasteiger partial charge in [-0.15, -0.1) is 0 Å². The second kappa shape index (κ2) is 5.83. The molecule has 3 heterocycles. The van der Waals surface area contributed by atoms with E-state index >= 15 is 0 Å². The number of halogens is 1. The summed E-state index contributed by atoms with van der Waals surface area (Å²) in [5, 5.41) is 3.65. The van der Waals surface area contributed by atoms with Crippen LogP contribution in [0.5, 0.6) is 0 Å². The van der Waals surface area contributed by atoms with Crippen LogP contribution >= 0.6 is 0 Å². The molecule has 4 aliphatic rings. The molecular formula is C21H25IN2O2. The number of likely N-dealkylation sites (N-methyl/N-ethyl adjacent to an activating group) is 1. The van der Waals surface area contributed by atoms with Crippen LogP contribution in [0.1, 0.15) is 25.3 Å². The van der Waals surface area contributed by atoms with Gasteiger partial charge in [-0.05, 0) is 24.1 Å². The summed E-state index contributed by atoms with van der Waals surface area (Å²) in [6, 6.07) is 9.13. The van der Waals surface area contributed by atoms with Gasteiger partial charge in [0.15, 0.2) is 0 Å². The van der Waals surface area contributed by atoms with E-state index in [0.717, 1.165) is 41.7 Å². The first-order chi connectivity index (χ1) is 12.0. The Labute approximate surface area is 171 Å². The fraction of sp³-hybridized carbons (Fsp3) is 0.476. The van der Waals surface area contributed by atoms with Crippen LogP contribution in [0.4, 0.5) is 5.69 Å². The monoisotopic (exact) mass is 464 g/mol. The number of benzene rings is 1. The van der Waals surface area contributed by atoms with Gasteiger partial charge in [0.1, 0.15) is 12.6 Å². The Morgan fingerprint density at radius 1 is 1.38 bits per heavy atom. The second-order valence-corrected chi connectivity index (χ2v) is 8.20. The smallest absolute Gasteiger partial charge is 0.336 e. The maximum atomic E-state index is 12.8. The first-order valence-corrected chi connectivity index (χ1v) is 9.24. The number of fused-ring (bicyclic) bond motifs is 2. The number of para-hydroxylation sites is 1. The topological polar surface area (TPSA) is 38.3 Å². The molecule has 1 spiro atoms. The predicted molar refractivity (Wildman–Crippen MR) is 97.0 cm³/mol. The number of ether oxygens (including phenoxy) is 1. The molecule has 5 heteroatoms. The summed E-state index contributed by atoms with van der Waals surface area (Å²) < 4.78 is 6.33. The highest BCUT2D eigenvalue weighted by Crippen LogP contribution is 2.63. The number of allylic oxidation sites excluding steroid dienone is 1. The molecule has 4 nitrogen and oxygen atoms in total. The number of anilines is 1. The summed E-state index contributed by atoms with van der Waals surface area (Å²) in [5.41, 5.74) is 5.88. The third-order valence-corrected chi connectivity index (χ3v) is 7.30. The van der Waals surface area contributed by atoms with Crippen molar-refractivity contribution in [3.63, 3.8) is 0 Å². The Hall–Kier alpha value is -1.34. The molecule has 2 saturated heterocycles. The van der Waals surface area contributed by atoms with Crippen LogP contribution in [0.15, 0.2) is 47.2 Å². The maximum absolute atomic E-state index is 12.8. The zero-order valence-corrected chi connectivity index (χ0v) is 17.7. The molecule has 0 amide bonds. The number of nitrogens with zero attached hydrogens (tertiary/aromatic N) is 1. The summed E-state index contributed by atoms with van der Waals surface area (Å²) in [6.45, 7) is 4.31. The lowest BCUT2D eigenvalue weighted by Gasteiger charge is -2.51. The standard InChI is InChI=1S/C21H24N2O2.HI/c1-4-13-12-23(2)10-9-21-15-7-5-6-8-16(15)22-19(21)18(20(24)25-3)14(13)11-17(21)23;/h4-8,14,17H,9-12H2,1-3H3;1H/b13-4-;/t14-,17-,21+,23-;/m0./s1. The highest BCUT2D eigenvalue weighted by atomic mass is 127. The fourth-order valence-corrected chi connectivity index (χ4v) is 6.23. The van der Waals surface area contributed by atoms with E-state index in [9.17, 15) is 4.79 Å². The number of hydrogen-bond acceptors (Lipinski definition) is 3. The number of carbonyl (C=O) groups excluding carboxylic acids is 1. The highest BCUT2D eigenvalue weighted by molar-refractivity contribution is 5.94. The van der Waals surface area contributed by atoms with Gasteiger partial charge in [-0.2, -0.15) is 0 Å². The Morgan fingerprint density at radius 2 is 2.15 bits per heavy atom. The van der Waals surface area contributed by atoms with E-state index in [1.807, 2.05) is 0 Å². The fourth-order valence-electron chi connectivity index (χ4n) is 6.23. The molecule has 0 aromatic heterocycles. The number of carbonyl (C=O) groups is 1. The summed E-state index contributed by atoms with van der Waals surface area (Å²) in [5.74, 6) is 0.0252. The third kappa shape index (κ3) is 1.96. The summed E-state index contributed by atoms with van der Waals surface area (Å²) in [6.07, 6.45) is 4.36. The minimum absolute atomic E-state index is 0. The van der Waals surface area contributed by atoms with Gasteiger partial charge >= 0.3 is 5.97 Å². The number of nitrogens with one attached hydrogen (secondary N) is 1. The van der Waals surface area contributed by atoms with Crippen molar-refractivity contribution in [2.45, 2.75) is 31.2 Å². The van der Waals surface area contributed by atoms with E-state index in [0.29, 0.717) is 6.04 Å². The first kappa shape index (κ1) is 18.0. The van der Waals surface area contributed by atoms with Gasteiger partial charge in [-0.1, -0.05) is 24.3 Å². The molecule has 1 aromatic carbocycles. The molecule has 5 rings (SSSR count). The van der Waals surface area contributed by atoms with Gasteiger partial charge in [0.2, 0.25) is 0 Å². The Kier molecular flexibility index (Phi) is 4.04. The van der Waals surface area contributed by atoms with Crippen molar-refractivity contribution < 1.29 is 38.0 Å². The van der Waals surface area contributed by atoms with Crippen LogP contribution in [-0.4, -0.2) is 43.7 Å². The van der Waals surface area contributed by atoms with Gasteiger partial charge < -0.3 is 38.5 Å². The molecule has 1 N–H and O–H groups in total. The van der Waals surface area contributed by atoms with E-state index in [2.05, 4.69) is 49.6 Å². The summed E-state index contributed by atoms with van der Waals surface area (Å²) >= 11 is 0. The number of esters is 1. The van der Waals surface area contributed by atoms with Crippen molar-refractivity contribution in [2.24, 2.45) is 5.92 Å². The van der Waals surface area contributed by atoms with Crippen molar-refractivity contribution in [2.75, 3.05) is 32.6 Å². The van der Waals surface area contributed by atoms with Gasteiger partial charge in [0, 0.05) is 30.1 Å². The van der Waals surface area contributed by atoms with E-state index < -0.39 is 0 Å². The maximum Gasteiger partial charge on any atom is 0.336 e. The molecular weight excluding hydrogens is 439 g/mol. The lowest BCUT2D eigenvalue weighted by atomic mass is 9.61. The normalized spacial score (nSPS) is 37.6. The molecule has 0 unspecified atom stereocenters. The van der Waals surface area contributed by atoms with Gasteiger partial charge in [-0.25, -0.2) is 4.79 Å². The molecule has 3 aliphatic heterocycles. The molecule has 0 saturated carbocycles. The summed E-state index contributed by atoms with van der Waals surface area (Å²) in [4.78, 5) is 12.8. The largest absolute Gasteiger partial charge is 1.00 e. The Balaban J connectivity index is 0.00000168. The van der Waals surface area contributed by atoms with Crippen LogP contribution in [0.2, 0.25) is 0 Å². The minimum atomic E-state index is -0.166. The van der Waals surface area contributed by atoms with E-state index in [-0.39, 0.29) is 41.3 Å². The molecule has 26 heavy (non-hydrogen) atoms. The number of hydrogen-bond donors (Lipinski definition) is 1. The second-order valence-electron chi connectivity index (χ2n) is 8.20. The lowest BCUT2D eigenvalue weighted by molar-refractivity contribution is -0.923. The third-order valence-electron chi connectivity index (χ3n) is 7.30. The molecule has 1 aromatic rings. The average molecular weight is 464 g/mol. The van der Waals surface area contributed by atoms with Crippen LogP contribution in [0.3, 0.4) is 0 Å². The quantitative estimate of drug-likeness (QED) is 0.275. The van der Waals surface area contributed by atoms with Crippen molar-refractivity contribution in [3.8, 4) is 0 Å². The number of piperidine rings is 1. The molecule has 138 valence electrons. The Bertz CT molecular complexity index is 861. The van der Waals surface area contributed by atoms with Crippen LogP contribution in [0.25, 0.3) is 0 Å².